The van der Waals surface area contributed by atoms with E-state index in [4.69, 9.17) is 6.64 Å². The van der Waals surface area contributed by atoms with Gasteiger partial charge in [-0.3, -0.25) is 0 Å². The second-order valence-electron chi connectivity index (χ2n) is 4.22. The van der Waals surface area contributed by atoms with E-state index in [1.54, 1.807) is 0 Å². The predicted molar refractivity (Wildman–Crippen MR) is 53.7 cm³/mol. The van der Waals surface area contributed by atoms with Crippen molar-refractivity contribution in [3.8, 4) is 0 Å². The van der Waals surface area contributed by atoms with Gasteiger partial charge in [-0.25, -0.2) is 0 Å². The summed E-state index contributed by atoms with van der Waals surface area (Å²) >= 11 is -3.34. The zero-order valence-corrected chi connectivity index (χ0v) is 11.8. The van der Waals surface area contributed by atoms with Crippen LogP contribution in [0.15, 0.2) is 0 Å². The molecule has 0 spiro atoms. The van der Waals surface area contributed by atoms with Crippen molar-refractivity contribution in [1.82, 2.24) is 0 Å². The molecule has 4 nitrogen and oxygen atoms in total. The molecule has 0 saturated carbocycles. The van der Waals surface area contributed by atoms with Crippen molar-refractivity contribution in [3.05, 3.63) is 0 Å². The molecule has 0 radical (unpaired) electrons. The van der Waals surface area contributed by atoms with Gasteiger partial charge in [0, 0.05) is 0 Å². The van der Waals surface area contributed by atoms with Gasteiger partial charge in [0.15, 0.2) is 0 Å². The van der Waals surface area contributed by atoms with E-state index in [0.717, 1.165) is 0 Å². The molecular formula is C10H20O4Ti. The first-order valence-electron chi connectivity index (χ1n) is 5.11. The fourth-order valence-electron chi connectivity index (χ4n) is 1.61. The first kappa shape index (κ1) is 14.7. The summed E-state index contributed by atoms with van der Waals surface area (Å²) in [5.74, 6) is -0.725. The minimum absolute atomic E-state index is 0.0952. The topological polar surface area (TPSA) is 52.6 Å². The number of carbonyl (C=O) groups excluding carboxylic acids is 2. The second-order valence-corrected chi connectivity index (χ2v) is 10.7. The third-order valence-electron chi connectivity index (χ3n) is 2.22. The van der Waals surface area contributed by atoms with Crippen LogP contribution in [0.4, 0.5) is 0 Å². The zero-order chi connectivity index (χ0) is 12.2. The van der Waals surface area contributed by atoms with Crippen molar-refractivity contribution in [2.75, 3.05) is 0 Å². The van der Waals surface area contributed by atoms with Crippen molar-refractivity contribution in [2.45, 2.75) is 50.0 Å². The summed E-state index contributed by atoms with van der Waals surface area (Å²) in [6, 6.07) is 0. The average Bonchev–Trinajstić information content (AvgIpc) is 1.99. The molecule has 0 N–H and O–H groups in total. The third-order valence-corrected chi connectivity index (χ3v) is 9.14. The van der Waals surface area contributed by atoms with Crippen LogP contribution in [-0.4, -0.2) is 11.9 Å². The SMILES string of the molecule is CC(=O)[O][Ti]([O]C(C)=O)([CH](C)C)[CH](C)C. The Labute approximate surface area is 95.6 Å². The zero-order valence-electron chi connectivity index (χ0n) is 10.3. The van der Waals surface area contributed by atoms with Gasteiger partial charge in [0.2, 0.25) is 0 Å². The van der Waals surface area contributed by atoms with Gasteiger partial charge >= 0.3 is 95.5 Å². The molecule has 0 heterocycles. The standard InChI is InChI=1S/2C3H7.2C2H4O2.Ti/c2*1-3-2;2*1-2(3)4;/h2*3H,1-2H3;2*1H3,(H,3,4);/q;;;;+2/p-2. The van der Waals surface area contributed by atoms with Crippen LogP contribution in [0.2, 0.25) is 8.45 Å². The fraction of sp³-hybridized carbons (Fsp3) is 0.800. The van der Waals surface area contributed by atoms with Crippen LogP contribution in [-0.2, 0) is 33.6 Å². The summed E-state index contributed by atoms with van der Waals surface area (Å²) in [6.45, 7) is 10.5. The monoisotopic (exact) mass is 252 g/mol. The maximum absolute atomic E-state index is 11.1. The van der Waals surface area contributed by atoms with E-state index >= 15 is 0 Å². The Hall–Kier alpha value is -0.346. The van der Waals surface area contributed by atoms with Crippen molar-refractivity contribution in [1.29, 1.82) is 0 Å². The van der Waals surface area contributed by atoms with Gasteiger partial charge in [-0.05, 0) is 0 Å². The average molecular weight is 252 g/mol. The molecule has 0 saturated heterocycles. The van der Waals surface area contributed by atoms with Crippen molar-refractivity contribution < 1.29 is 33.6 Å². The number of carbonyl (C=O) groups is 2. The molecule has 0 atom stereocenters. The van der Waals surface area contributed by atoms with E-state index in [0.29, 0.717) is 0 Å². The molecule has 0 aromatic heterocycles. The molecule has 0 unspecified atom stereocenters. The van der Waals surface area contributed by atoms with E-state index in [-0.39, 0.29) is 20.4 Å². The summed E-state index contributed by atoms with van der Waals surface area (Å²) in [5.41, 5.74) is 0. The van der Waals surface area contributed by atoms with Gasteiger partial charge < -0.3 is 0 Å². The van der Waals surface area contributed by atoms with Crippen molar-refractivity contribution in [3.63, 3.8) is 0 Å². The van der Waals surface area contributed by atoms with Crippen molar-refractivity contribution in [2.24, 2.45) is 0 Å². The van der Waals surface area contributed by atoms with Gasteiger partial charge in [0.1, 0.15) is 0 Å². The predicted octanol–water partition coefficient (Wildman–Crippen LogP) is 2.75. The number of hydrogen-bond acceptors (Lipinski definition) is 4. The molecule has 0 rings (SSSR count). The molecule has 0 aliphatic heterocycles. The van der Waals surface area contributed by atoms with Crippen LogP contribution < -0.4 is 0 Å². The summed E-state index contributed by atoms with van der Waals surface area (Å²) in [7, 11) is 0. The summed E-state index contributed by atoms with van der Waals surface area (Å²) in [4.78, 5) is 22.2. The van der Waals surface area contributed by atoms with Gasteiger partial charge in [-0.2, -0.15) is 0 Å². The van der Waals surface area contributed by atoms with Gasteiger partial charge in [0.25, 0.3) is 0 Å². The minimum atomic E-state index is -3.34. The molecule has 0 bridgehead atoms. The van der Waals surface area contributed by atoms with Gasteiger partial charge in [-0.15, -0.1) is 0 Å². The van der Waals surface area contributed by atoms with Crippen LogP contribution in [0.3, 0.4) is 0 Å². The first-order chi connectivity index (χ1) is 6.72. The van der Waals surface area contributed by atoms with Crippen molar-refractivity contribution >= 4 is 11.9 Å². The van der Waals surface area contributed by atoms with Gasteiger partial charge in [0.05, 0.1) is 0 Å². The fourth-order valence-corrected chi connectivity index (χ4v) is 6.63. The Balaban J connectivity index is 5.07. The Morgan fingerprint density at radius 1 is 0.867 bits per heavy atom. The van der Waals surface area contributed by atoms with Crippen LogP contribution in [0.25, 0.3) is 0 Å². The quantitative estimate of drug-likeness (QED) is 0.722. The Morgan fingerprint density at radius 3 is 1.27 bits per heavy atom. The molecule has 5 heteroatoms. The molecule has 0 aromatic carbocycles. The van der Waals surface area contributed by atoms with Crippen LogP contribution >= 0.6 is 0 Å². The third kappa shape index (κ3) is 3.96. The number of hydrogen-bond donors (Lipinski definition) is 0. The summed E-state index contributed by atoms with van der Waals surface area (Å²) in [5, 5.41) is 0. The number of rotatable bonds is 4. The molecule has 0 amide bonds. The summed E-state index contributed by atoms with van der Waals surface area (Å²) in [6.07, 6.45) is 0. The second kappa shape index (κ2) is 5.66. The molecular weight excluding hydrogens is 232 g/mol. The van der Waals surface area contributed by atoms with E-state index in [1.165, 1.54) is 13.8 Å². The van der Waals surface area contributed by atoms with Gasteiger partial charge in [-0.1, -0.05) is 0 Å². The van der Waals surface area contributed by atoms with E-state index in [2.05, 4.69) is 0 Å². The summed E-state index contributed by atoms with van der Waals surface area (Å²) < 4.78 is 10.9. The van der Waals surface area contributed by atoms with Crippen LogP contribution in [0.1, 0.15) is 41.5 Å². The van der Waals surface area contributed by atoms with E-state index in [1.807, 2.05) is 27.7 Å². The molecule has 0 fully saturated rings. The Kier molecular flexibility index (Phi) is 5.53. The Morgan fingerprint density at radius 2 is 1.13 bits per heavy atom. The molecule has 0 aliphatic carbocycles. The molecule has 15 heavy (non-hydrogen) atoms. The maximum atomic E-state index is 11.1. The van der Waals surface area contributed by atoms with Crippen LogP contribution in [0, 0.1) is 0 Å². The first-order valence-corrected chi connectivity index (χ1v) is 8.19. The van der Waals surface area contributed by atoms with Crippen LogP contribution in [0.5, 0.6) is 0 Å². The van der Waals surface area contributed by atoms with E-state index in [9.17, 15) is 9.59 Å². The molecule has 0 aliphatic rings. The normalized spacial score (nSPS) is 11.7. The molecule has 0 aromatic rings. The Bertz CT molecular complexity index is 222. The molecule has 88 valence electrons. The van der Waals surface area contributed by atoms with E-state index < -0.39 is 17.4 Å².